The van der Waals surface area contributed by atoms with Gasteiger partial charge in [-0.05, 0) is 29.9 Å². The molecule has 0 aliphatic heterocycles. The Bertz CT molecular complexity index is 349. The number of amides is 1. The van der Waals surface area contributed by atoms with Gasteiger partial charge >= 0.3 is 0 Å². The molecule has 0 saturated carbocycles. The molecule has 1 rings (SSSR count). The Morgan fingerprint density at radius 1 is 1.29 bits per heavy atom. The van der Waals surface area contributed by atoms with E-state index in [-0.39, 0.29) is 5.91 Å². The molecule has 94 valence electrons. The Morgan fingerprint density at radius 2 is 1.94 bits per heavy atom. The number of carbonyl (C=O) groups excluding carboxylic acids is 1. The second-order valence-corrected chi connectivity index (χ2v) is 5.26. The molecule has 0 bridgehead atoms. The third kappa shape index (κ3) is 5.24. The van der Waals surface area contributed by atoms with E-state index in [1.165, 1.54) is 4.90 Å². The van der Waals surface area contributed by atoms with Crippen LogP contribution in [0.25, 0.3) is 0 Å². The average Bonchev–Trinajstić information content (AvgIpc) is 2.35. The number of carbonyl (C=O) groups is 1. The second-order valence-electron chi connectivity index (χ2n) is 4.09. The van der Waals surface area contributed by atoms with Crippen LogP contribution < -0.4 is 5.73 Å². The molecule has 0 atom stereocenters. The van der Waals surface area contributed by atoms with Crippen molar-refractivity contribution in [2.24, 2.45) is 5.73 Å². The van der Waals surface area contributed by atoms with Gasteiger partial charge in [-0.3, -0.25) is 4.79 Å². The van der Waals surface area contributed by atoms with Crippen LogP contribution in [0.4, 0.5) is 0 Å². The highest BCUT2D eigenvalue weighted by Crippen LogP contribution is 2.19. The molecule has 0 spiro atoms. The van der Waals surface area contributed by atoms with Crippen LogP contribution in [0.2, 0.25) is 0 Å². The summed E-state index contributed by atoms with van der Waals surface area (Å²) in [6.07, 6.45) is 1.54. The zero-order valence-electron chi connectivity index (χ0n) is 10.5. The molecule has 0 radical (unpaired) electrons. The van der Waals surface area contributed by atoms with Crippen molar-refractivity contribution in [2.45, 2.75) is 24.3 Å². The number of nitrogens with two attached hydrogens (primary N) is 1. The number of nitrogens with zero attached hydrogens (tertiary/aromatic N) is 1. The van der Waals surface area contributed by atoms with Crippen molar-refractivity contribution in [3.05, 3.63) is 29.8 Å². The summed E-state index contributed by atoms with van der Waals surface area (Å²) >= 11 is 1.78. The van der Waals surface area contributed by atoms with E-state index in [1.54, 1.807) is 30.8 Å². The molecule has 0 aromatic heterocycles. The molecular weight excluding hydrogens is 232 g/mol. The fraction of sp³-hybridized carbons (Fsp3) is 0.462. The van der Waals surface area contributed by atoms with Crippen LogP contribution in [0.5, 0.6) is 0 Å². The van der Waals surface area contributed by atoms with Crippen LogP contribution in [0.1, 0.15) is 18.4 Å². The molecule has 0 unspecified atom stereocenters. The smallest absolute Gasteiger partial charge is 0.222 e. The van der Waals surface area contributed by atoms with Gasteiger partial charge in [-0.25, -0.2) is 0 Å². The van der Waals surface area contributed by atoms with Crippen LogP contribution in [0, 0.1) is 0 Å². The van der Waals surface area contributed by atoms with E-state index in [0.717, 1.165) is 17.7 Å². The van der Waals surface area contributed by atoms with E-state index >= 15 is 0 Å². The number of rotatable bonds is 6. The van der Waals surface area contributed by atoms with Gasteiger partial charge in [-0.1, -0.05) is 12.1 Å². The van der Waals surface area contributed by atoms with E-state index < -0.39 is 0 Å². The lowest BCUT2D eigenvalue weighted by Gasteiger charge is -2.09. The topological polar surface area (TPSA) is 46.3 Å². The summed E-state index contributed by atoms with van der Waals surface area (Å²) in [6, 6.07) is 8.27. The van der Waals surface area contributed by atoms with Gasteiger partial charge in [-0.15, -0.1) is 11.8 Å². The molecule has 3 nitrogen and oxygen atoms in total. The third-order valence-electron chi connectivity index (χ3n) is 2.46. The van der Waals surface area contributed by atoms with Crippen LogP contribution in [-0.2, 0) is 11.3 Å². The summed E-state index contributed by atoms with van der Waals surface area (Å²) in [5.74, 6) is 1.17. The minimum Gasteiger partial charge on any atom is -0.349 e. The van der Waals surface area contributed by atoms with Crippen molar-refractivity contribution in [3.63, 3.8) is 0 Å². The maximum Gasteiger partial charge on any atom is 0.222 e. The molecule has 0 aliphatic rings. The monoisotopic (exact) mass is 252 g/mol. The van der Waals surface area contributed by atoms with Crippen LogP contribution in [-0.4, -0.2) is 30.7 Å². The first-order valence-electron chi connectivity index (χ1n) is 5.75. The number of hydrogen-bond donors (Lipinski definition) is 1. The summed E-state index contributed by atoms with van der Waals surface area (Å²) in [5.41, 5.74) is 6.68. The van der Waals surface area contributed by atoms with E-state index in [4.69, 9.17) is 5.73 Å². The maximum absolute atomic E-state index is 11.3. The highest BCUT2D eigenvalue weighted by atomic mass is 32.2. The molecule has 1 amide bonds. The molecule has 4 heteroatoms. The van der Waals surface area contributed by atoms with Crippen molar-refractivity contribution >= 4 is 17.7 Å². The highest BCUT2D eigenvalue weighted by molar-refractivity contribution is 7.99. The average molecular weight is 252 g/mol. The number of hydrogen-bond acceptors (Lipinski definition) is 3. The molecule has 0 fully saturated rings. The van der Waals surface area contributed by atoms with Gasteiger partial charge in [0.25, 0.3) is 0 Å². The minimum absolute atomic E-state index is 0.198. The van der Waals surface area contributed by atoms with Crippen LogP contribution in [0.15, 0.2) is 29.2 Å². The minimum atomic E-state index is 0.198. The summed E-state index contributed by atoms with van der Waals surface area (Å²) in [5, 5.41) is 0. The predicted molar refractivity (Wildman–Crippen MR) is 73.0 cm³/mol. The molecule has 0 saturated heterocycles. The summed E-state index contributed by atoms with van der Waals surface area (Å²) in [7, 11) is 3.59. The molecule has 1 aromatic carbocycles. The fourth-order valence-electron chi connectivity index (χ4n) is 1.36. The standard InChI is InChI=1S/C13H20N2OS/c1-15(2)13(16)4-3-9-17-12-7-5-11(10-14)6-8-12/h5-8H,3-4,9-10,14H2,1-2H3. The molecule has 0 aliphatic carbocycles. The Morgan fingerprint density at radius 3 is 2.47 bits per heavy atom. The second kappa shape index (κ2) is 7.35. The normalized spacial score (nSPS) is 10.3. The quantitative estimate of drug-likeness (QED) is 0.623. The Kier molecular flexibility index (Phi) is 6.08. The lowest BCUT2D eigenvalue weighted by Crippen LogP contribution is -2.21. The first kappa shape index (κ1) is 14.1. The zero-order chi connectivity index (χ0) is 12.7. The lowest BCUT2D eigenvalue weighted by molar-refractivity contribution is -0.128. The van der Waals surface area contributed by atoms with Gasteiger partial charge in [0.15, 0.2) is 0 Å². The molecule has 1 aromatic rings. The van der Waals surface area contributed by atoms with E-state index in [9.17, 15) is 4.79 Å². The molecular formula is C13H20N2OS. The summed E-state index contributed by atoms with van der Waals surface area (Å²) in [4.78, 5) is 14.2. The Hall–Kier alpha value is -1.00. The predicted octanol–water partition coefficient (Wildman–Crippen LogP) is 2.11. The van der Waals surface area contributed by atoms with Gasteiger partial charge < -0.3 is 10.6 Å². The van der Waals surface area contributed by atoms with Crippen LogP contribution in [0.3, 0.4) is 0 Å². The Labute approximate surface area is 107 Å². The first-order valence-corrected chi connectivity index (χ1v) is 6.74. The zero-order valence-corrected chi connectivity index (χ0v) is 11.3. The van der Waals surface area contributed by atoms with Crippen molar-refractivity contribution in [2.75, 3.05) is 19.8 Å². The molecule has 0 heterocycles. The van der Waals surface area contributed by atoms with Gasteiger partial charge in [-0.2, -0.15) is 0 Å². The molecule has 17 heavy (non-hydrogen) atoms. The van der Waals surface area contributed by atoms with Crippen LogP contribution >= 0.6 is 11.8 Å². The van der Waals surface area contributed by atoms with E-state index in [0.29, 0.717) is 13.0 Å². The van der Waals surface area contributed by atoms with Gasteiger partial charge in [0.05, 0.1) is 0 Å². The van der Waals surface area contributed by atoms with Crippen molar-refractivity contribution in [1.29, 1.82) is 0 Å². The number of benzene rings is 1. The van der Waals surface area contributed by atoms with Crippen molar-refractivity contribution < 1.29 is 4.79 Å². The highest BCUT2D eigenvalue weighted by Gasteiger charge is 2.03. The third-order valence-corrected chi connectivity index (χ3v) is 3.56. The van der Waals surface area contributed by atoms with E-state index in [2.05, 4.69) is 12.1 Å². The lowest BCUT2D eigenvalue weighted by atomic mass is 10.2. The Balaban J connectivity index is 2.24. The van der Waals surface area contributed by atoms with Gasteiger partial charge in [0, 0.05) is 32.0 Å². The van der Waals surface area contributed by atoms with E-state index in [1.807, 2.05) is 12.1 Å². The summed E-state index contributed by atoms with van der Waals surface area (Å²) in [6.45, 7) is 0.586. The van der Waals surface area contributed by atoms with Gasteiger partial charge in [0.2, 0.25) is 5.91 Å². The first-order chi connectivity index (χ1) is 8.13. The molecule has 2 N–H and O–H groups in total. The fourth-order valence-corrected chi connectivity index (χ4v) is 2.21. The van der Waals surface area contributed by atoms with Crippen molar-refractivity contribution in [3.8, 4) is 0 Å². The summed E-state index contributed by atoms with van der Waals surface area (Å²) < 4.78 is 0. The SMILES string of the molecule is CN(C)C(=O)CCCSc1ccc(CN)cc1. The van der Waals surface area contributed by atoms with Crippen molar-refractivity contribution in [1.82, 2.24) is 4.90 Å². The maximum atomic E-state index is 11.3. The van der Waals surface area contributed by atoms with Gasteiger partial charge in [0.1, 0.15) is 0 Å². The largest absolute Gasteiger partial charge is 0.349 e. The number of thioether (sulfide) groups is 1.